The number of Topliss-reactive ketones (excluding diaryl/α,β-unsaturated/α-hetero) is 1. The standard InChI is InChI=1S/C30H30N2O5S/c1-17-27(30(34)32-20-8-10-21(35-2)11-9-20)29(26-6-5-13-38-26)28-22(31-17)14-19(15-23(28)33)18-7-12-24(36-3)25(16-18)37-4/h5-13,16,19,29,31H,14-15H2,1-4H3,(H,32,34)/t19-,29+/m0/s1. The first-order valence-corrected chi connectivity index (χ1v) is 13.3. The molecule has 3 aromatic rings. The lowest BCUT2D eigenvalue weighted by molar-refractivity contribution is -0.116. The van der Waals surface area contributed by atoms with E-state index in [0.29, 0.717) is 46.9 Å². The summed E-state index contributed by atoms with van der Waals surface area (Å²) in [7, 11) is 4.81. The molecule has 1 aliphatic carbocycles. The molecule has 7 nitrogen and oxygen atoms in total. The Hall–Kier alpha value is -4.04. The third-order valence-corrected chi connectivity index (χ3v) is 8.06. The van der Waals surface area contributed by atoms with E-state index >= 15 is 0 Å². The molecule has 5 rings (SSSR count). The number of rotatable bonds is 7. The first kappa shape index (κ1) is 25.6. The molecule has 0 unspecified atom stereocenters. The Bertz CT molecular complexity index is 1420. The Morgan fingerprint density at radius 1 is 0.974 bits per heavy atom. The summed E-state index contributed by atoms with van der Waals surface area (Å²) in [6.45, 7) is 1.90. The van der Waals surface area contributed by atoms with Crippen LogP contribution in [0.15, 0.2) is 82.5 Å². The summed E-state index contributed by atoms with van der Waals surface area (Å²) in [5.74, 6) is 1.36. The third-order valence-electron chi connectivity index (χ3n) is 7.13. The number of ketones is 1. The van der Waals surface area contributed by atoms with Gasteiger partial charge >= 0.3 is 0 Å². The monoisotopic (exact) mass is 530 g/mol. The number of carbonyl (C=O) groups excluding carboxylic acids is 2. The summed E-state index contributed by atoms with van der Waals surface area (Å²) in [4.78, 5) is 28.4. The number of allylic oxidation sites excluding steroid dienone is 3. The quantitative estimate of drug-likeness (QED) is 0.403. The molecule has 0 saturated carbocycles. The molecular weight excluding hydrogens is 500 g/mol. The number of ether oxygens (including phenoxy) is 3. The van der Waals surface area contributed by atoms with Crippen molar-refractivity contribution in [3.05, 3.63) is 93.0 Å². The predicted octanol–water partition coefficient (Wildman–Crippen LogP) is 5.77. The first-order valence-electron chi connectivity index (χ1n) is 12.4. The van der Waals surface area contributed by atoms with Gasteiger partial charge in [-0.2, -0.15) is 0 Å². The van der Waals surface area contributed by atoms with Crippen LogP contribution >= 0.6 is 11.3 Å². The fourth-order valence-electron chi connectivity index (χ4n) is 5.30. The zero-order valence-electron chi connectivity index (χ0n) is 21.8. The Kier molecular flexibility index (Phi) is 7.24. The Morgan fingerprint density at radius 3 is 2.39 bits per heavy atom. The molecule has 2 heterocycles. The van der Waals surface area contributed by atoms with E-state index in [-0.39, 0.29) is 17.6 Å². The first-order chi connectivity index (χ1) is 18.4. The van der Waals surface area contributed by atoms with Crippen LogP contribution in [0.3, 0.4) is 0 Å². The van der Waals surface area contributed by atoms with Crippen molar-refractivity contribution in [1.82, 2.24) is 5.32 Å². The molecule has 0 fully saturated rings. The zero-order valence-corrected chi connectivity index (χ0v) is 22.6. The summed E-state index contributed by atoms with van der Waals surface area (Å²) in [5.41, 5.74) is 4.52. The Morgan fingerprint density at radius 2 is 1.74 bits per heavy atom. The normalized spacial score (nSPS) is 19.0. The molecule has 196 valence electrons. The molecule has 1 amide bonds. The maximum absolute atomic E-state index is 13.8. The number of dihydropyridines is 1. The lowest BCUT2D eigenvalue weighted by Crippen LogP contribution is -2.36. The van der Waals surface area contributed by atoms with Gasteiger partial charge in [0.1, 0.15) is 5.75 Å². The summed E-state index contributed by atoms with van der Waals surface area (Å²) >= 11 is 1.55. The van der Waals surface area contributed by atoms with Gasteiger partial charge in [0.15, 0.2) is 17.3 Å². The highest BCUT2D eigenvalue weighted by atomic mass is 32.1. The lowest BCUT2D eigenvalue weighted by Gasteiger charge is -2.36. The molecule has 0 spiro atoms. The van der Waals surface area contributed by atoms with Gasteiger partial charge in [-0.25, -0.2) is 0 Å². The summed E-state index contributed by atoms with van der Waals surface area (Å²) in [6.07, 6.45) is 1.01. The third kappa shape index (κ3) is 4.79. The fraction of sp³-hybridized carbons (Fsp3) is 0.267. The second-order valence-electron chi connectivity index (χ2n) is 9.33. The predicted molar refractivity (Wildman–Crippen MR) is 148 cm³/mol. The molecule has 0 bridgehead atoms. The van der Waals surface area contributed by atoms with Gasteiger partial charge in [0.05, 0.1) is 27.2 Å². The molecular formula is C30H30N2O5S. The van der Waals surface area contributed by atoms with E-state index in [2.05, 4.69) is 10.6 Å². The SMILES string of the molecule is COc1ccc(NC(=O)C2=C(C)NC3=C(C(=O)C[C@@H](c4ccc(OC)c(OC)c4)C3)[C@@H]2c2cccs2)cc1. The molecule has 2 aliphatic rings. The molecule has 0 saturated heterocycles. The van der Waals surface area contributed by atoms with E-state index in [4.69, 9.17) is 14.2 Å². The van der Waals surface area contributed by atoms with Gasteiger partial charge in [0.2, 0.25) is 0 Å². The van der Waals surface area contributed by atoms with Crippen molar-refractivity contribution in [3.63, 3.8) is 0 Å². The minimum absolute atomic E-state index is 0.0139. The van der Waals surface area contributed by atoms with Crippen molar-refractivity contribution in [1.29, 1.82) is 0 Å². The molecule has 2 atom stereocenters. The van der Waals surface area contributed by atoms with Crippen molar-refractivity contribution < 1.29 is 23.8 Å². The Balaban J connectivity index is 1.48. The van der Waals surface area contributed by atoms with E-state index < -0.39 is 5.92 Å². The topological polar surface area (TPSA) is 85.9 Å². The van der Waals surface area contributed by atoms with Gasteiger partial charge < -0.3 is 24.8 Å². The number of benzene rings is 2. The van der Waals surface area contributed by atoms with Crippen LogP contribution in [0, 0.1) is 0 Å². The minimum Gasteiger partial charge on any atom is -0.497 e. The van der Waals surface area contributed by atoms with Crippen LogP contribution < -0.4 is 24.8 Å². The van der Waals surface area contributed by atoms with Gasteiger partial charge in [-0.05, 0) is 72.7 Å². The highest BCUT2D eigenvalue weighted by molar-refractivity contribution is 7.10. The van der Waals surface area contributed by atoms with E-state index in [9.17, 15) is 9.59 Å². The lowest BCUT2D eigenvalue weighted by atomic mass is 9.73. The number of thiophene rings is 1. The van der Waals surface area contributed by atoms with Gasteiger partial charge in [-0.15, -0.1) is 11.3 Å². The van der Waals surface area contributed by atoms with E-state index in [1.807, 2.05) is 42.6 Å². The Labute approximate surface area is 226 Å². The van der Waals surface area contributed by atoms with Crippen LogP contribution in [0.25, 0.3) is 0 Å². The van der Waals surface area contributed by atoms with Crippen molar-refractivity contribution in [2.75, 3.05) is 26.6 Å². The summed E-state index contributed by atoms with van der Waals surface area (Å²) in [5, 5.41) is 8.42. The molecule has 1 aromatic heterocycles. The van der Waals surface area contributed by atoms with Gasteiger partial charge in [-0.3, -0.25) is 9.59 Å². The molecule has 1 aliphatic heterocycles. The van der Waals surface area contributed by atoms with E-state index in [0.717, 1.165) is 21.8 Å². The second kappa shape index (κ2) is 10.8. The minimum atomic E-state index is -0.427. The number of nitrogens with one attached hydrogen (secondary N) is 2. The molecule has 2 N–H and O–H groups in total. The molecule has 38 heavy (non-hydrogen) atoms. The second-order valence-corrected chi connectivity index (χ2v) is 10.3. The summed E-state index contributed by atoms with van der Waals surface area (Å²) < 4.78 is 16.1. The van der Waals surface area contributed by atoms with E-state index in [1.54, 1.807) is 56.9 Å². The van der Waals surface area contributed by atoms with Crippen molar-refractivity contribution in [3.8, 4) is 17.2 Å². The number of methoxy groups -OCH3 is 3. The van der Waals surface area contributed by atoms with Crippen LogP contribution in [0.1, 0.15) is 42.0 Å². The number of carbonyl (C=O) groups is 2. The van der Waals surface area contributed by atoms with Crippen molar-refractivity contribution in [2.45, 2.75) is 31.6 Å². The molecule has 2 aromatic carbocycles. The zero-order chi connectivity index (χ0) is 26.8. The van der Waals surface area contributed by atoms with Crippen LogP contribution in [-0.4, -0.2) is 33.0 Å². The maximum Gasteiger partial charge on any atom is 0.254 e. The number of amides is 1. The summed E-state index contributed by atoms with van der Waals surface area (Å²) in [6, 6.07) is 16.9. The van der Waals surface area contributed by atoms with E-state index in [1.165, 1.54) is 0 Å². The van der Waals surface area contributed by atoms with Crippen LogP contribution in [0.4, 0.5) is 5.69 Å². The van der Waals surface area contributed by atoms with Gasteiger partial charge in [0, 0.05) is 39.5 Å². The fourth-order valence-corrected chi connectivity index (χ4v) is 6.14. The number of hydrogen-bond acceptors (Lipinski definition) is 7. The highest BCUT2D eigenvalue weighted by Gasteiger charge is 2.41. The van der Waals surface area contributed by atoms with Crippen molar-refractivity contribution >= 4 is 28.7 Å². The largest absolute Gasteiger partial charge is 0.497 e. The van der Waals surface area contributed by atoms with Gasteiger partial charge in [0.25, 0.3) is 5.91 Å². The van der Waals surface area contributed by atoms with Crippen LogP contribution in [0.2, 0.25) is 0 Å². The van der Waals surface area contributed by atoms with Crippen LogP contribution in [0.5, 0.6) is 17.2 Å². The number of anilines is 1. The van der Waals surface area contributed by atoms with Gasteiger partial charge in [-0.1, -0.05) is 12.1 Å². The molecule has 8 heteroatoms. The van der Waals surface area contributed by atoms with Crippen molar-refractivity contribution in [2.24, 2.45) is 0 Å². The van der Waals surface area contributed by atoms with Crippen LogP contribution in [-0.2, 0) is 9.59 Å². The number of hydrogen-bond donors (Lipinski definition) is 2. The maximum atomic E-state index is 13.8. The average molecular weight is 531 g/mol. The average Bonchev–Trinajstić information content (AvgIpc) is 3.47. The smallest absolute Gasteiger partial charge is 0.254 e. The molecule has 0 radical (unpaired) electrons. The highest BCUT2D eigenvalue weighted by Crippen LogP contribution is 2.47.